The molecule has 2 N–H and O–H groups in total. The third-order valence-corrected chi connectivity index (χ3v) is 4.16. The van der Waals surface area contributed by atoms with Crippen LogP contribution >= 0.6 is 11.8 Å². The van der Waals surface area contributed by atoms with Gasteiger partial charge in [0.2, 0.25) is 0 Å². The topological polar surface area (TPSA) is 61.7 Å². The zero-order chi connectivity index (χ0) is 15.9. The number of hydrogen-bond acceptors (Lipinski definition) is 4. The minimum absolute atomic E-state index is 0.143. The quantitative estimate of drug-likeness (QED) is 0.505. The van der Waals surface area contributed by atoms with Crippen LogP contribution in [0, 0.1) is 0 Å². The molecule has 1 atom stereocenters. The number of thioether (sulfide) groups is 1. The van der Waals surface area contributed by atoms with Crippen molar-refractivity contribution in [1.82, 2.24) is 5.43 Å². The standard InChI is InChI=1S/C17H18N2O2S/c1-12(15-10-6-7-11-16(15)20)18-19-17(21)13(2)22-14-8-4-3-5-9-14/h3-11,13,20H,1-2H3,(H,19,21)/b18-12-/t13-/m1/s1. The Hall–Kier alpha value is -2.27. The van der Waals surface area contributed by atoms with E-state index in [2.05, 4.69) is 10.5 Å². The molecule has 0 heterocycles. The lowest BCUT2D eigenvalue weighted by atomic mass is 10.1. The lowest BCUT2D eigenvalue weighted by Crippen LogP contribution is -2.27. The van der Waals surface area contributed by atoms with Crippen LogP contribution in [0.4, 0.5) is 0 Å². The molecule has 0 saturated carbocycles. The highest BCUT2D eigenvalue weighted by Gasteiger charge is 2.14. The van der Waals surface area contributed by atoms with Gasteiger partial charge >= 0.3 is 0 Å². The first-order valence-electron chi connectivity index (χ1n) is 6.92. The summed E-state index contributed by atoms with van der Waals surface area (Å²) in [6, 6.07) is 16.6. The van der Waals surface area contributed by atoms with Crippen molar-refractivity contribution in [2.24, 2.45) is 5.10 Å². The van der Waals surface area contributed by atoms with Gasteiger partial charge in [0.25, 0.3) is 5.91 Å². The number of hydrogen-bond donors (Lipinski definition) is 2. The highest BCUT2D eigenvalue weighted by atomic mass is 32.2. The molecule has 2 aromatic rings. The van der Waals surface area contributed by atoms with Gasteiger partial charge in [0, 0.05) is 10.5 Å². The van der Waals surface area contributed by atoms with E-state index in [4.69, 9.17) is 0 Å². The van der Waals surface area contributed by atoms with Crippen molar-refractivity contribution >= 4 is 23.4 Å². The molecule has 114 valence electrons. The maximum atomic E-state index is 12.1. The highest BCUT2D eigenvalue weighted by Crippen LogP contribution is 2.22. The Bertz CT molecular complexity index is 671. The summed E-state index contributed by atoms with van der Waals surface area (Å²) in [6.45, 7) is 3.57. The SMILES string of the molecule is C/C(=N/NC(=O)[C@@H](C)Sc1ccccc1)c1ccccc1O. The van der Waals surface area contributed by atoms with E-state index in [1.807, 2.05) is 43.3 Å². The summed E-state index contributed by atoms with van der Waals surface area (Å²) in [7, 11) is 0. The fourth-order valence-electron chi connectivity index (χ4n) is 1.83. The van der Waals surface area contributed by atoms with Gasteiger partial charge in [-0.3, -0.25) is 4.79 Å². The molecular weight excluding hydrogens is 296 g/mol. The Labute approximate surface area is 134 Å². The second-order valence-electron chi connectivity index (χ2n) is 4.76. The van der Waals surface area contributed by atoms with Crippen molar-refractivity contribution in [3.05, 3.63) is 60.2 Å². The summed E-state index contributed by atoms with van der Waals surface area (Å²) in [5.41, 5.74) is 3.71. The van der Waals surface area contributed by atoms with E-state index in [1.165, 1.54) is 11.8 Å². The van der Waals surface area contributed by atoms with E-state index >= 15 is 0 Å². The number of amides is 1. The summed E-state index contributed by atoms with van der Waals surface area (Å²) in [5, 5.41) is 13.6. The van der Waals surface area contributed by atoms with Gasteiger partial charge in [-0.2, -0.15) is 5.10 Å². The number of aromatic hydroxyl groups is 1. The normalized spacial score (nSPS) is 12.7. The number of carbonyl (C=O) groups excluding carboxylic acids is 1. The molecule has 1 amide bonds. The van der Waals surface area contributed by atoms with Gasteiger partial charge in [-0.05, 0) is 38.1 Å². The van der Waals surface area contributed by atoms with Crippen LogP contribution in [0.3, 0.4) is 0 Å². The Morgan fingerprint density at radius 3 is 2.45 bits per heavy atom. The molecule has 5 heteroatoms. The molecule has 4 nitrogen and oxygen atoms in total. The number of phenols is 1. The molecule has 0 spiro atoms. The average Bonchev–Trinajstić information content (AvgIpc) is 2.53. The molecule has 0 unspecified atom stereocenters. The van der Waals surface area contributed by atoms with Crippen LogP contribution in [0.5, 0.6) is 5.75 Å². The van der Waals surface area contributed by atoms with E-state index in [-0.39, 0.29) is 16.9 Å². The van der Waals surface area contributed by atoms with Crippen LogP contribution in [0.1, 0.15) is 19.4 Å². The summed E-state index contributed by atoms with van der Waals surface area (Å²) in [4.78, 5) is 13.1. The van der Waals surface area contributed by atoms with Gasteiger partial charge in [-0.1, -0.05) is 30.3 Å². The van der Waals surface area contributed by atoms with Gasteiger partial charge in [0.1, 0.15) is 5.75 Å². The van der Waals surface area contributed by atoms with Gasteiger partial charge in [-0.25, -0.2) is 5.43 Å². The minimum atomic E-state index is -0.261. The van der Waals surface area contributed by atoms with E-state index < -0.39 is 0 Å². The van der Waals surface area contributed by atoms with Crippen molar-refractivity contribution in [1.29, 1.82) is 0 Å². The molecular formula is C17H18N2O2S. The Balaban J connectivity index is 1.97. The number of phenolic OH excluding ortho intramolecular Hbond substituents is 1. The number of para-hydroxylation sites is 1. The van der Waals surface area contributed by atoms with E-state index in [1.54, 1.807) is 25.1 Å². The molecule has 0 bridgehead atoms. The second-order valence-corrected chi connectivity index (χ2v) is 6.18. The maximum absolute atomic E-state index is 12.1. The molecule has 0 fully saturated rings. The van der Waals surface area contributed by atoms with Gasteiger partial charge < -0.3 is 5.11 Å². The van der Waals surface area contributed by atoms with Crippen LogP contribution in [-0.2, 0) is 4.79 Å². The van der Waals surface area contributed by atoms with Gasteiger partial charge in [-0.15, -0.1) is 11.8 Å². The van der Waals surface area contributed by atoms with Crippen molar-refractivity contribution in [3.8, 4) is 5.75 Å². The Morgan fingerprint density at radius 1 is 1.14 bits per heavy atom. The molecule has 0 aliphatic carbocycles. The molecule has 0 radical (unpaired) electrons. The minimum Gasteiger partial charge on any atom is -0.507 e. The predicted molar refractivity (Wildman–Crippen MR) is 90.2 cm³/mol. The Kier molecular flexibility index (Phi) is 5.61. The van der Waals surface area contributed by atoms with Gasteiger partial charge in [0.15, 0.2) is 0 Å². The molecule has 2 rings (SSSR count). The fourth-order valence-corrected chi connectivity index (χ4v) is 2.71. The molecule has 0 aromatic heterocycles. The van der Waals surface area contributed by atoms with Crippen molar-refractivity contribution in [3.63, 3.8) is 0 Å². The first-order valence-corrected chi connectivity index (χ1v) is 7.80. The zero-order valence-corrected chi connectivity index (χ0v) is 13.3. The maximum Gasteiger partial charge on any atom is 0.253 e. The molecule has 2 aromatic carbocycles. The monoisotopic (exact) mass is 314 g/mol. The second kappa shape index (κ2) is 7.66. The van der Waals surface area contributed by atoms with Gasteiger partial charge in [0.05, 0.1) is 11.0 Å². The summed E-state index contributed by atoms with van der Waals surface area (Å²) < 4.78 is 0. The van der Waals surface area contributed by atoms with Crippen molar-refractivity contribution in [2.75, 3.05) is 0 Å². The van der Waals surface area contributed by atoms with Crippen LogP contribution in [0.2, 0.25) is 0 Å². The van der Waals surface area contributed by atoms with Crippen LogP contribution in [0.15, 0.2) is 64.6 Å². The summed E-state index contributed by atoms with van der Waals surface area (Å²) >= 11 is 1.47. The van der Waals surface area contributed by atoms with Crippen molar-refractivity contribution in [2.45, 2.75) is 24.0 Å². The lowest BCUT2D eigenvalue weighted by molar-refractivity contribution is -0.120. The van der Waals surface area contributed by atoms with E-state index in [0.717, 1.165) is 4.90 Å². The molecule has 0 aliphatic heterocycles. The fraction of sp³-hybridized carbons (Fsp3) is 0.176. The molecule has 0 saturated heterocycles. The third-order valence-electron chi connectivity index (χ3n) is 3.05. The van der Waals surface area contributed by atoms with Crippen molar-refractivity contribution < 1.29 is 9.90 Å². The number of carbonyl (C=O) groups is 1. The predicted octanol–water partition coefficient (Wildman–Crippen LogP) is 3.41. The van der Waals surface area contributed by atoms with E-state index in [9.17, 15) is 9.90 Å². The largest absolute Gasteiger partial charge is 0.507 e. The first kappa shape index (κ1) is 16.1. The number of nitrogens with one attached hydrogen (secondary N) is 1. The van der Waals surface area contributed by atoms with E-state index in [0.29, 0.717) is 11.3 Å². The van der Waals surface area contributed by atoms with Crippen LogP contribution in [0.25, 0.3) is 0 Å². The number of hydrazone groups is 1. The van der Waals surface area contributed by atoms with Crippen LogP contribution in [-0.4, -0.2) is 22.0 Å². The molecule has 0 aliphatic rings. The zero-order valence-electron chi connectivity index (χ0n) is 12.5. The highest BCUT2D eigenvalue weighted by molar-refractivity contribution is 8.00. The van der Waals surface area contributed by atoms with Crippen LogP contribution < -0.4 is 5.43 Å². The summed E-state index contributed by atoms with van der Waals surface area (Å²) in [6.07, 6.45) is 0. The molecule has 22 heavy (non-hydrogen) atoms. The smallest absolute Gasteiger partial charge is 0.253 e. The number of benzene rings is 2. The summed E-state index contributed by atoms with van der Waals surface area (Å²) in [5.74, 6) is -0.0340. The third kappa shape index (κ3) is 4.36. The number of nitrogens with zero attached hydrogens (tertiary/aromatic N) is 1. The lowest BCUT2D eigenvalue weighted by Gasteiger charge is -2.10. The Morgan fingerprint density at radius 2 is 1.77 bits per heavy atom. The first-order chi connectivity index (χ1) is 10.6. The number of rotatable bonds is 5. The average molecular weight is 314 g/mol.